The zero-order chi connectivity index (χ0) is 13.0. The molecule has 2 N–H and O–H groups in total. The van der Waals surface area contributed by atoms with E-state index < -0.39 is 0 Å². The highest BCUT2D eigenvalue weighted by Gasteiger charge is 2.13. The van der Waals surface area contributed by atoms with Crippen LogP contribution in [-0.4, -0.2) is 30.5 Å². The average molecular weight is 257 g/mol. The van der Waals surface area contributed by atoms with E-state index in [1.54, 1.807) is 30.1 Å². The zero-order valence-electron chi connectivity index (χ0n) is 10.2. The molecule has 0 spiro atoms. The van der Waals surface area contributed by atoms with Gasteiger partial charge in [0.1, 0.15) is 5.75 Å². The standard InChI is InChI=1S/C12H17ClN2O2/c1-8(2)15(3)12(16)7-17-11-5-4-9(13)6-10(11)14/h4-6,8H,7,14H2,1-3H3. The van der Waals surface area contributed by atoms with Gasteiger partial charge in [0.25, 0.3) is 5.91 Å². The quantitative estimate of drug-likeness (QED) is 0.840. The van der Waals surface area contributed by atoms with Crippen LogP contribution in [0.3, 0.4) is 0 Å². The summed E-state index contributed by atoms with van der Waals surface area (Å²) in [7, 11) is 1.74. The summed E-state index contributed by atoms with van der Waals surface area (Å²) >= 11 is 5.76. The van der Waals surface area contributed by atoms with Gasteiger partial charge in [-0.3, -0.25) is 4.79 Å². The molecule has 0 bridgehead atoms. The van der Waals surface area contributed by atoms with Crippen LogP contribution >= 0.6 is 11.6 Å². The minimum absolute atomic E-state index is 0.0273. The first-order valence-corrected chi connectivity index (χ1v) is 5.73. The predicted octanol–water partition coefficient (Wildman–Crippen LogP) is 2.17. The van der Waals surface area contributed by atoms with Crippen molar-refractivity contribution in [3.8, 4) is 5.75 Å². The molecule has 0 radical (unpaired) electrons. The minimum Gasteiger partial charge on any atom is -0.482 e. The van der Waals surface area contributed by atoms with Crippen molar-refractivity contribution in [2.45, 2.75) is 19.9 Å². The van der Waals surface area contributed by atoms with E-state index in [2.05, 4.69) is 0 Å². The van der Waals surface area contributed by atoms with Crippen LogP contribution in [0, 0.1) is 0 Å². The van der Waals surface area contributed by atoms with Gasteiger partial charge in [-0.1, -0.05) is 11.6 Å². The molecule has 0 saturated carbocycles. The molecule has 0 saturated heterocycles. The summed E-state index contributed by atoms with van der Waals surface area (Å²) in [4.78, 5) is 13.3. The Bertz CT molecular complexity index is 407. The van der Waals surface area contributed by atoms with Crippen molar-refractivity contribution in [1.29, 1.82) is 0 Å². The van der Waals surface area contributed by atoms with Crippen LogP contribution in [0.2, 0.25) is 5.02 Å². The molecule has 1 aromatic carbocycles. The SMILES string of the molecule is CC(C)N(C)C(=O)COc1ccc(Cl)cc1N. The van der Waals surface area contributed by atoms with Gasteiger partial charge in [0.15, 0.2) is 6.61 Å². The second-order valence-corrected chi connectivity index (χ2v) is 4.51. The molecule has 0 aliphatic carbocycles. The number of nitrogens with zero attached hydrogens (tertiary/aromatic N) is 1. The number of carbonyl (C=O) groups is 1. The summed E-state index contributed by atoms with van der Waals surface area (Å²) in [6.45, 7) is 3.85. The van der Waals surface area contributed by atoms with Gasteiger partial charge in [-0.05, 0) is 32.0 Å². The number of anilines is 1. The highest BCUT2D eigenvalue weighted by Crippen LogP contribution is 2.24. The van der Waals surface area contributed by atoms with Crippen molar-refractivity contribution in [2.75, 3.05) is 19.4 Å². The maximum atomic E-state index is 11.7. The van der Waals surface area contributed by atoms with Crippen molar-refractivity contribution in [3.05, 3.63) is 23.2 Å². The summed E-state index contributed by atoms with van der Waals surface area (Å²) in [5.41, 5.74) is 6.14. The van der Waals surface area contributed by atoms with Gasteiger partial charge < -0.3 is 15.4 Å². The van der Waals surface area contributed by atoms with E-state index in [4.69, 9.17) is 22.1 Å². The molecule has 1 rings (SSSR count). The Balaban J connectivity index is 2.59. The summed E-state index contributed by atoms with van der Waals surface area (Å²) in [6.07, 6.45) is 0. The molecule has 0 heterocycles. The molecular weight excluding hydrogens is 240 g/mol. The Hall–Kier alpha value is -1.42. The van der Waals surface area contributed by atoms with Crippen LogP contribution in [0.1, 0.15) is 13.8 Å². The smallest absolute Gasteiger partial charge is 0.260 e. The molecule has 0 fully saturated rings. The maximum absolute atomic E-state index is 11.7. The molecule has 5 heteroatoms. The second-order valence-electron chi connectivity index (χ2n) is 4.07. The van der Waals surface area contributed by atoms with Gasteiger partial charge >= 0.3 is 0 Å². The third-order valence-electron chi connectivity index (χ3n) is 2.49. The number of hydrogen-bond donors (Lipinski definition) is 1. The van der Waals surface area contributed by atoms with E-state index >= 15 is 0 Å². The molecule has 0 aliphatic heterocycles. The third-order valence-corrected chi connectivity index (χ3v) is 2.73. The fraction of sp³-hybridized carbons (Fsp3) is 0.417. The van der Waals surface area contributed by atoms with E-state index in [1.165, 1.54) is 0 Å². The Morgan fingerprint density at radius 1 is 1.53 bits per heavy atom. The Morgan fingerprint density at radius 3 is 2.71 bits per heavy atom. The molecule has 0 aromatic heterocycles. The van der Waals surface area contributed by atoms with Gasteiger partial charge in [-0.2, -0.15) is 0 Å². The molecule has 1 amide bonds. The Morgan fingerprint density at radius 2 is 2.18 bits per heavy atom. The summed E-state index contributed by atoms with van der Waals surface area (Å²) in [5.74, 6) is 0.384. The number of amides is 1. The first kappa shape index (κ1) is 13.6. The van der Waals surface area contributed by atoms with Crippen molar-refractivity contribution < 1.29 is 9.53 Å². The highest BCUT2D eigenvalue weighted by atomic mass is 35.5. The van der Waals surface area contributed by atoms with Crippen LogP contribution in [-0.2, 0) is 4.79 Å². The van der Waals surface area contributed by atoms with Crippen molar-refractivity contribution >= 4 is 23.2 Å². The monoisotopic (exact) mass is 256 g/mol. The second kappa shape index (κ2) is 5.77. The lowest BCUT2D eigenvalue weighted by atomic mass is 10.3. The first-order chi connectivity index (χ1) is 7.91. The van der Waals surface area contributed by atoms with Crippen LogP contribution < -0.4 is 10.5 Å². The van der Waals surface area contributed by atoms with Gasteiger partial charge in [0.05, 0.1) is 5.69 Å². The van der Waals surface area contributed by atoms with Crippen LogP contribution in [0.5, 0.6) is 5.75 Å². The molecule has 0 unspecified atom stereocenters. The predicted molar refractivity (Wildman–Crippen MR) is 69.3 cm³/mol. The number of nitrogen functional groups attached to an aromatic ring is 1. The number of carbonyl (C=O) groups excluding carboxylic acids is 1. The normalized spacial score (nSPS) is 10.4. The van der Waals surface area contributed by atoms with Gasteiger partial charge in [-0.15, -0.1) is 0 Å². The number of benzene rings is 1. The van der Waals surface area contributed by atoms with Crippen LogP contribution in [0.25, 0.3) is 0 Å². The van der Waals surface area contributed by atoms with E-state index in [0.29, 0.717) is 16.5 Å². The van der Waals surface area contributed by atoms with Crippen LogP contribution in [0.4, 0.5) is 5.69 Å². The minimum atomic E-state index is -0.0886. The number of ether oxygens (including phenoxy) is 1. The first-order valence-electron chi connectivity index (χ1n) is 5.35. The van der Waals surface area contributed by atoms with Gasteiger partial charge in [0, 0.05) is 18.1 Å². The Kier molecular flexibility index (Phi) is 4.63. The number of nitrogens with two attached hydrogens (primary N) is 1. The maximum Gasteiger partial charge on any atom is 0.260 e. The van der Waals surface area contributed by atoms with E-state index in [1.807, 2.05) is 13.8 Å². The third kappa shape index (κ3) is 3.82. The lowest BCUT2D eigenvalue weighted by molar-refractivity contribution is -0.133. The average Bonchev–Trinajstić information content (AvgIpc) is 2.26. The van der Waals surface area contributed by atoms with E-state index in [9.17, 15) is 4.79 Å². The van der Waals surface area contributed by atoms with E-state index in [0.717, 1.165) is 0 Å². The topological polar surface area (TPSA) is 55.6 Å². The van der Waals surface area contributed by atoms with E-state index in [-0.39, 0.29) is 18.6 Å². The molecule has 0 aliphatic rings. The number of likely N-dealkylation sites (N-methyl/N-ethyl adjacent to an activating group) is 1. The highest BCUT2D eigenvalue weighted by molar-refractivity contribution is 6.30. The van der Waals surface area contributed by atoms with Gasteiger partial charge in [-0.25, -0.2) is 0 Å². The summed E-state index contributed by atoms with van der Waals surface area (Å²) in [5, 5.41) is 0.542. The summed E-state index contributed by atoms with van der Waals surface area (Å²) < 4.78 is 5.35. The summed E-state index contributed by atoms with van der Waals surface area (Å²) in [6, 6.07) is 5.06. The molecule has 17 heavy (non-hydrogen) atoms. The van der Waals surface area contributed by atoms with Crippen molar-refractivity contribution in [3.63, 3.8) is 0 Å². The molecule has 4 nitrogen and oxygen atoms in total. The fourth-order valence-electron chi connectivity index (χ4n) is 1.18. The van der Waals surface area contributed by atoms with Crippen molar-refractivity contribution in [1.82, 2.24) is 4.90 Å². The number of hydrogen-bond acceptors (Lipinski definition) is 3. The molecule has 94 valence electrons. The Labute approximate surface area is 106 Å². The molecule has 1 aromatic rings. The number of rotatable bonds is 4. The van der Waals surface area contributed by atoms with Crippen LogP contribution in [0.15, 0.2) is 18.2 Å². The molecule has 0 atom stereocenters. The fourth-order valence-corrected chi connectivity index (χ4v) is 1.36. The molecular formula is C12H17ClN2O2. The van der Waals surface area contributed by atoms with Gasteiger partial charge in [0.2, 0.25) is 0 Å². The largest absolute Gasteiger partial charge is 0.482 e. The van der Waals surface area contributed by atoms with Crippen molar-refractivity contribution in [2.24, 2.45) is 0 Å². The lowest BCUT2D eigenvalue weighted by Gasteiger charge is -2.21. The zero-order valence-corrected chi connectivity index (χ0v) is 11.0. The number of halogens is 1. The lowest BCUT2D eigenvalue weighted by Crippen LogP contribution is -2.36.